The lowest BCUT2D eigenvalue weighted by Crippen LogP contribution is -2.30. The summed E-state index contributed by atoms with van der Waals surface area (Å²) in [7, 11) is 0. The number of amides is 1. The van der Waals surface area contributed by atoms with Crippen LogP contribution in [0.2, 0.25) is 0 Å². The van der Waals surface area contributed by atoms with E-state index in [-0.39, 0.29) is 0 Å². The molecule has 0 saturated heterocycles. The van der Waals surface area contributed by atoms with E-state index in [0.29, 0.717) is 17.5 Å². The summed E-state index contributed by atoms with van der Waals surface area (Å²) in [5.41, 5.74) is 0. The van der Waals surface area contributed by atoms with Crippen molar-refractivity contribution >= 4 is 17.7 Å². The minimum atomic E-state index is -4.40. The Kier molecular flexibility index (Phi) is 5.44. The monoisotopic (exact) mass is 255 g/mol. The van der Waals surface area contributed by atoms with Crippen molar-refractivity contribution in [2.45, 2.75) is 43.5 Å². The number of thioether (sulfide) groups is 1. The standard InChI is InChI=1S/C10H16F3NOS/c11-10(12,13)7-9(15)14-5-6-16-8-3-1-2-4-8/h8H,1-7H2,(H,14,15). The lowest BCUT2D eigenvalue weighted by Gasteiger charge is -2.10. The summed E-state index contributed by atoms with van der Waals surface area (Å²) < 4.78 is 35.4. The van der Waals surface area contributed by atoms with Crippen LogP contribution in [-0.4, -0.2) is 29.6 Å². The maximum atomic E-state index is 11.8. The van der Waals surface area contributed by atoms with Gasteiger partial charge in [0, 0.05) is 17.5 Å². The highest BCUT2D eigenvalue weighted by atomic mass is 32.2. The van der Waals surface area contributed by atoms with Crippen LogP contribution < -0.4 is 5.32 Å². The molecule has 0 unspecified atom stereocenters. The first-order valence-electron chi connectivity index (χ1n) is 5.42. The van der Waals surface area contributed by atoms with Crippen molar-refractivity contribution in [1.82, 2.24) is 5.32 Å². The second-order valence-corrected chi connectivity index (χ2v) is 5.33. The zero-order valence-corrected chi connectivity index (χ0v) is 9.79. The Morgan fingerprint density at radius 1 is 1.31 bits per heavy atom. The second kappa shape index (κ2) is 6.37. The first-order valence-corrected chi connectivity index (χ1v) is 6.47. The second-order valence-electron chi connectivity index (χ2n) is 3.92. The lowest BCUT2D eigenvalue weighted by atomic mass is 10.4. The zero-order valence-electron chi connectivity index (χ0n) is 8.98. The van der Waals surface area contributed by atoms with E-state index in [2.05, 4.69) is 5.32 Å². The molecule has 0 radical (unpaired) electrons. The molecule has 1 fully saturated rings. The molecule has 1 N–H and O–H groups in total. The van der Waals surface area contributed by atoms with E-state index < -0.39 is 18.5 Å². The Balaban J connectivity index is 2.00. The van der Waals surface area contributed by atoms with E-state index in [0.717, 1.165) is 0 Å². The molecule has 1 saturated carbocycles. The van der Waals surface area contributed by atoms with Gasteiger partial charge in [0.25, 0.3) is 0 Å². The van der Waals surface area contributed by atoms with E-state index in [1.165, 1.54) is 25.7 Å². The van der Waals surface area contributed by atoms with Gasteiger partial charge in [0.2, 0.25) is 5.91 Å². The quantitative estimate of drug-likeness (QED) is 0.765. The van der Waals surface area contributed by atoms with E-state index in [1.54, 1.807) is 11.8 Å². The fourth-order valence-electron chi connectivity index (χ4n) is 1.72. The molecule has 1 aliphatic rings. The third-order valence-corrected chi connectivity index (χ3v) is 3.82. The van der Waals surface area contributed by atoms with Crippen molar-refractivity contribution in [3.8, 4) is 0 Å². The first kappa shape index (κ1) is 13.7. The van der Waals surface area contributed by atoms with Crippen LogP contribution in [0.15, 0.2) is 0 Å². The first-order chi connectivity index (χ1) is 7.47. The van der Waals surface area contributed by atoms with Gasteiger partial charge in [-0.25, -0.2) is 0 Å². The van der Waals surface area contributed by atoms with Crippen molar-refractivity contribution in [1.29, 1.82) is 0 Å². The van der Waals surface area contributed by atoms with Gasteiger partial charge in [-0.05, 0) is 12.8 Å². The summed E-state index contributed by atoms with van der Waals surface area (Å²) >= 11 is 1.75. The van der Waals surface area contributed by atoms with Gasteiger partial charge in [0.15, 0.2) is 0 Å². The molecule has 0 aliphatic heterocycles. The fraction of sp³-hybridized carbons (Fsp3) is 0.900. The van der Waals surface area contributed by atoms with Crippen LogP contribution in [0.3, 0.4) is 0 Å². The normalized spacial score (nSPS) is 17.7. The smallest absolute Gasteiger partial charge is 0.355 e. The van der Waals surface area contributed by atoms with Crippen LogP contribution in [0, 0.1) is 0 Å². The van der Waals surface area contributed by atoms with Gasteiger partial charge >= 0.3 is 6.18 Å². The highest BCUT2D eigenvalue weighted by Crippen LogP contribution is 2.28. The number of carbonyl (C=O) groups excluding carboxylic acids is 1. The number of rotatable bonds is 5. The number of nitrogens with one attached hydrogen (secondary N) is 1. The molecule has 0 atom stereocenters. The van der Waals surface area contributed by atoms with Crippen molar-refractivity contribution in [3.05, 3.63) is 0 Å². The number of hydrogen-bond acceptors (Lipinski definition) is 2. The highest BCUT2D eigenvalue weighted by molar-refractivity contribution is 7.99. The summed E-state index contributed by atoms with van der Waals surface area (Å²) in [4.78, 5) is 10.8. The van der Waals surface area contributed by atoms with Crippen molar-refractivity contribution in [3.63, 3.8) is 0 Å². The topological polar surface area (TPSA) is 29.1 Å². The van der Waals surface area contributed by atoms with Crippen LogP contribution in [-0.2, 0) is 4.79 Å². The van der Waals surface area contributed by atoms with Gasteiger partial charge in [0.1, 0.15) is 6.42 Å². The van der Waals surface area contributed by atoms with Crippen LogP contribution in [0.1, 0.15) is 32.1 Å². The number of halogens is 3. The Hall–Kier alpha value is -0.390. The van der Waals surface area contributed by atoms with Crippen molar-refractivity contribution in [2.75, 3.05) is 12.3 Å². The average Bonchev–Trinajstić information content (AvgIpc) is 2.62. The Labute approximate surface area is 97.3 Å². The molecular weight excluding hydrogens is 239 g/mol. The molecule has 16 heavy (non-hydrogen) atoms. The SMILES string of the molecule is O=C(CC(F)(F)F)NCCSC1CCCC1. The van der Waals surface area contributed by atoms with Gasteiger partial charge in [-0.15, -0.1) is 0 Å². The molecule has 0 spiro atoms. The summed E-state index contributed by atoms with van der Waals surface area (Å²) in [5.74, 6) is -0.228. The van der Waals surface area contributed by atoms with Gasteiger partial charge in [-0.1, -0.05) is 12.8 Å². The third-order valence-electron chi connectivity index (χ3n) is 2.44. The predicted octanol–water partition coefficient (Wildman–Crippen LogP) is 2.73. The highest BCUT2D eigenvalue weighted by Gasteiger charge is 2.30. The van der Waals surface area contributed by atoms with Gasteiger partial charge in [-0.2, -0.15) is 24.9 Å². The van der Waals surface area contributed by atoms with Crippen LogP contribution in [0.25, 0.3) is 0 Å². The van der Waals surface area contributed by atoms with Gasteiger partial charge in [-0.3, -0.25) is 4.79 Å². The number of alkyl halides is 3. The minimum absolute atomic E-state index is 0.329. The summed E-state index contributed by atoms with van der Waals surface area (Å²) in [5, 5.41) is 2.92. The number of carbonyl (C=O) groups is 1. The van der Waals surface area contributed by atoms with Crippen LogP contribution in [0.5, 0.6) is 0 Å². The van der Waals surface area contributed by atoms with Gasteiger partial charge < -0.3 is 5.32 Å². The van der Waals surface area contributed by atoms with Crippen molar-refractivity contribution in [2.24, 2.45) is 0 Å². The average molecular weight is 255 g/mol. The molecule has 0 aromatic heterocycles. The molecule has 6 heteroatoms. The van der Waals surface area contributed by atoms with E-state index in [4.69, 9.17) is 0 Å². The molecule has 0 aromatic carbocycles. The Bertz CT molecular complexity index is 227. The summed E-state index contributed by atoms with van der Waals surface area (Å²) in [6.07, 6.45) is -0.887. The van der Waals surface area contributed by atoms with E-state index in [9.17, 15) is 18.0 Å². The van der Waals surface area contributed by atoms with E-state index in [1.807, 2.05) is 0 Å². The molecule has 1 rings (SSSR count). The fourth-order valence-corrected chi connectivity index (χ4v) is 2.94. The zero-order chi connectivity index (χ0) is 12.0. The molecule has 1 amide bonds. The summed E-state index contributed by atoms with van der Waals surface area (Å²) in [6.45, 7) is 0.329. The maximum absolute atomic E-state index is 11.8. The van der Waals surface area contributed by atoms with Crippen molar-refractivity contribution < 1.29 is 18.0 Å². The predicted molar refractivity (Wildman–Crippen MR) is 58.4 cm³/mol. The molecule has 2 nitrogen and oxygen atoms in total. The minimum Gasteiger partial charge on any atom is -0.355 e. The van der Waals surface area contributed by atoms with Crippen LogP contribution in [0.4, 0.5) is 13.2 Å². The molecule has 0 heterocycles. The largest absolute Gasteiger partial charge is 0.397 e. The number of hydrogen-bond donors (Lipinski definition) is 1. The Morgan fingerprint density at radius 3 is 2.50 bits per heavy atom. The third kappa shape index (κ3) is 6.25. The van der Waals surface area contributed by atoms with Gasteiger partial charge in [0.05, 0.1) is 0 Å². The van der Waals surface area contributed by atoms with E-state index >= 15 is 0 Å². The maximum Gasteiger partial charge on any atom is 0.397 e. The van der Waals surface area contributed by atoms with Crippen LogP contribution >= 0.6 is 11.8 Å². The molecule has 94 valence electrons. The lowest BCUT2D eigenvalue weighted by molar-refractivity contribution is -0.153. The Morgan fingerprint density at radius 2 is 1.94 bits per heavy atom. The summed E-state index contributed by atoms with van der Waals surface area (Å²) in [6, 6.07) is 0. The molecule has 0 bridgehead atoms. The molecule has 1 aliphatic carbocycles. The molecule has 0 aromatic rings. The molecular formula is C10H16F3NOS.